The first-order valence-corrected chi connectivity index (χ1v) is 10.5. The van der Waals surface area contributed by atoms with Crippen LogP contribution in [0.4, 0.5) is 0 Å². The molecule has 7 nitrogen and oxygen atoms in total. The Morgan fingerprint density at radius 3 is 2.48 bits per heavy atom. The Bertz CT molecular complexity index is 1030. The minimum Gasteiger partial charge on any atom is -0.497 e. The van der Waals surface area contributed by atoms with Crippen LogP contribution in [0, 0.1) is 0 Å². The summed E-state index contributed by atoms with van der Waals surface area (Å²) in [7, 11) is 3.19. The normalized spacial score (nSPS) is 11.5. The molecule has 1 atom stereocenters. The molecule has 0 saturated heterocycles. The monoisotopic (exact) mass is 440 g/mol. The summed E-state index contributed by atoms with van der Waals surface area (Å²) in [5.41, 5.74) is 2.33. The molecule has 8 heteroatoms. The van der Waals surface area contributed by atoms with Crippen LogP contribution in [0.5, 0.6) is 11.5 Å². The molecule has 1 amide bonds. The van der Waals surface area contributed by atoms with Crippen molar-refractivity contribution in [3.05, 3.63) is 65.2 Å². The molecular weight excluding hydrogens is 416 g/mol. The largest absolute Gasteiger partial charge is 0.497 e. The van der Waals surface area contributed by atoms with Crippen molar-refractivity contribution in [3.8, 4) is 22.1 Å². The van der Waals surface area contributed by atoms with Crippen LogP contribution in [0.15, 0.2) is 53.9 Å². The number of aromatic nitrogens is 1. The summed E-state index contributed by atoms with van der Waals surface area (Å²) in [6.07, 6.45) is 0.00934. The summed E-state index contributed by atoms with van der Waals surface area (Å²) in [5, 5.41) is 5.43. The van der Waals surface area contributed by atoms with Gasteiger partial charge in [-0.25, -0.2) is 4.98 Å². The van der Waals surface area contributed by atoms with Gasteiger partial charge in [-0.1, -0.05) is 24.3 Å². The molecule has 31 heavy (non-hydrogen) atoms. The van der Waals surface area contributed by atoms with Crippen LogP contribution < -0.4 is 14.8 Å². The van der Waals surface area contributed by atoms with Gasteiger partial charge in [-0.2, -0.15) is 0 Å². The zero-order chi connectivity index (χ0) is 22.2. The number of benzene rings is 2. The summed E-state index contributed by atoms with van der Waals surface area (Å²) in [5.74, 6) is 0.774. The Kier molecular flexibility index (Phi) is 7.61. The van der Waals surface area contributed by atoms with Gasteiger partial charge in [-0.3, -0.25) is 9.59 Å². The number of para-hydroxylation sites is 1. The maximum Gasteiger partial charge on any atom is 0.308 e. The second kappa shape index (κ2) is 10.6. The highest BCUT2D eigenvalue weighted by Gasteiger charge is 2.19. The molecule has 0 radical (unpaired) electrons. The molecule has 3 rings (SSSR count). The molecule has 0 saturated carbocycles. The third-order valence-corrected chi connectivity index (χ3v) is 5.46. The lowest BCUT2D eigenvalue weighted by molar-refractivity contribution is -0.145. The third-order valence-electron chi connectivity index (χ3n) is 4.54. The zero-order valence-electron chi connectivity index (χ0n) is 17.6. The maximum absolute atomic E-state index is 12.4. The van der Waals surface area contributed by atoms with Gasteiger partial charge in [0.25, 0.3) is 0 Å². The second-order valence-corrected chi connectivity index (χ2v) is 7.59. The van der Waals surface area contributed by atoms with Gasteiger partial charge in [0.05, 0.1) is 37.9 Å². The first-order chi connectivity index (χ1) is 15.0. The van der Waals surface area contributed by atoms with Crippen molar-refractivity contribution in [2.24, 2.45) is 0 Å². The van der Waals surface area contributed by atoms with Crippen LogP contribution in [0.1, 0.15) is 30.6 Å². The molecule has 0 aliphatic rings. The molecule has 1 heterocycles. The van der Waals surface area contributed by atoms with E-state index in [1.165, 1.54) is 18.3 Å². The van der Waals surface area contributed by atoms with Gasteiger partial charge in [-0.05, 0) is 29.8 Å². The molecule has 0 aliphatic carbocycles. The van der Waals surface area contributed by atoms with E-state index >= 15 is 0 Å². The van der Waals surface area contributed by atoms with Crippen LogP contribution in [-0.4, -0.2) is 31.1 Å². The summed E-state index contributed by atoms with van der Waals surface area (Å²) >= 11 is 1.46. The van der Waals surface area contributed by atoms with E-state index in [1.54, 1.807) is 26.4 Å². The Morgan fingerprint density at radius 1 is 1.06 bits per heavy atom. The van der Waals surface area contributed by atoms with Crippen molar-refractivity contribution in [2.75, 3.05) is 14.2 Å². The first-order valence-electron chi connectivity index (χ1n) is 9.64. The Hall–Kier alpha value is -3.39. The molecule has 1 unspecified atom stereocenters. The van der Waals surface area contributed by atoms with Crippen molar-refractivity contribution < 1.29 is 23.8 Å². The quantitative estimate of drug-likeness (QED) is 0.503. The number of nitrogens with one attached hydrogen (secondary N) is 1. The highest BCUT2D eigenvalue weighted by atomic mass is 32.1. The maximum atomic E-state index is 12.4. The summed E-state index contributed by atoms with van der Waals surface area (Å²) in [4.78, 5) is 28.6. The number of esters is 1. The van der Waals surface area contributed by atoms with E-state index < -0.39 is 12.0 Å². The number of ether oxygens (including phenoxy) is 3. The van der Waals surface area contributed by atoms with Gasteiger partial charge in [0.2, 0.25) is 5.91 Å². The van der Waals surface area contributed by atoms with Gasteiger partial charge < -0.3 is 19.5 Å². The predicted octanol–water partition coefficient (Wildman–Crippen LogP) is 4.14. The van der Waals surface area contributed by atoms with Crippen LogP contribution in [0.25, 0.3) is 10.6 Å². The number of hydrogen-bond acceptors (Lipinski definition) is 7. The Balaban J connectivity index is 1.62. The number of carbonyl (C=O) groups is 2. The fourth-order valence-electron chi connectivity index (χ4n) is 3.03. The number of amides is 1. The molecule has 0 bridgehead atoms. The van der Waals surface area contributed by atoms with E-state index in [9.17, 15) is 9.59 Å². The lowest BCUT2D eigenvalue weighted by atomic mass is 10.0. The molecule has 1 aromatic heterocycles. The molecular formula is C23H24N2O5S. The number of nitrogens with zero attached hydrogens (tertiary/aromatic N) is 1. The van der Waals surface area contributed by atoms with E-state index in [0.717, 1.165) is 21.9 Å². The van der Waals surface area contributed by atoms with Crippen LogP contribution in [0.2, 0.25) is 0 Å². The van der Waals surface area contributed by atoms with E-state index in [-0.39, 0.29) is 18.9 Å². The van der Waals surface area contributed by atoms with Gasteiger partial charge >= 0.3 is 5.97 Å². The SMILES string of the molecule is COc1ccc(C(CC(=O)OCc2csc(-c3ccccc3OC)n2)NC(C)=O)cc1. The van der Waals surface area contributed by atoms with Crippen molar-refractivity contribution in [3.63, 3.8) is 0 Å². The smallest absolute Gasteiger partial charge is 0.308 e. The van der Waals surface area contributed by atoms with Gasteiger partial charge in [0.15, 0.2) is 0 Å². The highest BCUT2D eigenvalue weighted by molar-refractivity contribution is 7.13. The lowest BCUT2D eigenvalue weighted by Crippen LogP contribution is -2.28. The number of methoxy groups -OCH3 is 2. The molecule has 2 aromatic carbocycles. The summed E-state index contributed by atoms with van der Waals surface area (Å²) in [6, 6.07) is 14.3. The molecule has 0 aliphatic heterocycles. The fraction of sp³-hybridized carbons (Fsp3) is 0.261. The van der Waals surface area contributed by atoms with Gasteiger partial charge in [0, 0.05) is 12.3 Å². The van der Waals surface area contributed by atoms with E-state index in [2.05, 4.69) is 10.3 Å². The summed E-state index contributed by atoms with van der Waals surface area (Å²) in [6.45, 7) is 1.47. The molecule has 0 spiro atoms. The lowest BCUT2D eigenvalue weighted by Gasteiger charge is -2.18. The fourth-order valence-corrected chi connectivity index (χ4v) is 3.87. The Labute approximate surface area is 185 Å². The predicted molar refractivity (Wildman–Crippen MR) is 118 cm³/mol. The molecule has 1 N–H and O–H groups in total. The van der Waals surface area contributed by atoms with Crippen LogP contribution in [0.3, 0.4) is 0 Å². The van der Waals surface area contributed by atoms with E-state index in [1.807, 2.05) is 41.8 Å². The van der Waals surface area contributed by atoms with Gasteiger partial charge in [-0.15, -0.1) is 11.3 Å². The van der Waals surface area contributed by atoms with Crippen molar-refractivity contribution in [1.29, 1.82) is 0 Å². The topological polar surface area (TPSA) is 86.8 Å². The molecule has 3 aromatic rings. The number of thiazole rings is 1. The molecule has 162 valence electrons. The molecule has 0 fully saturated rings. The minimum absolute atomic E-state index is 0.00934. The van der Waals surface area contributed by atoms with Crippen molar-refractivity contribution in [2.45, 2.75) is 26.0 Å². The average Bonchev–Trinajstić information content (AvgIpc) is 3.26. The highest BCUT2D eigenvalue weighted by Crippen LogP contribution is 2.32. The minimum atomic E-state index is -0.490. The Morgan fingerprint density at radius 2 is 1.81 bits per heavy atom. The van der Waals surface area contributed by atoms with Crippen LogP contribution >= 0.6 is 11.3 Å². The summed E-state index contributed by atoms with van der Waals surface area (Å²) < 4.78 is 15.9. The third kappa shape index (κ3) is 6.05. The standard InChI is InChI=1S/C23H24N2O5S/c1-15(26)24-20(16-8-10-18(28-2)11-9-16)12-22(27)30-13-17-14-31-23(25-17)19-6-4-5-7-21(19)29-3/h4-11,14,20H,12-13H2,1-3H3,(H,24,26). The van der Waals surface area contributed by atoms with Crippen molar-refractivity contribution in [1.82, 2.24) is 10.3 Å². The second-order valence-electron chi connectivity index (χ2n) is 6.74. The number of carbonyl (C=O) groups excluding carboxylic acids is 2. The van der Waals surface area contributed by atoms with Crippen LogP contribution in [-0.2, 0) is 20.9 Å². The number of hydrogen-bond donors (Lipinski definition) is 1. The number of rotatable bonds is 9. The van der Waals surface area contributed by atoms with Gasteiger partial charge in [0.1, 0.15) is 23.1 Å². The average molecular weight is 441 g/mol. The van der Waals surface area contributed by atoms with E-state index in [4.69, 9.17) is 14.2 Å². The first kappa shape index (κ1) is 22.3. The van der Waals surface area contributed by atoms with Crippen molar-refractivity contribution >= 4 is 23.2 Å². The van der Waals surface area contributed by atoms with E-state index in [0.29, 0.717) is 11.4 Å². The zero-order valence-corrected chi connectivity index (χ0v) is 18.4.